The fourth-order valence-electron chi connectivity index (χ4n) is 2.82. The molecule has 0 aliphatic carbocycles. The smallest absolute Gasteiger partial charge is 0.123 e. The number of halogens is 1. The summed E-state index contributed by atoms with van der Waals surface area (Å²) in [5.41, 5.74) is 3.33. The van der Waals surface area contributed by atoms with Crippen LogP contribution in [0, 0.1) is 12.7 Å². The molecule has 0 spiro atoms. The molecule has 0 radical (unpaired) electrons. The molecule has 2 aromatic heterocycles. The molecule has 4 aromatic rings. The Labute approximate surface area is 159 Å². The zero-order chi connectivity index (χ0) is 18.8. The third kappa shape index (κ3) is 3.79. The van der Waals surface area contributed by atoms with E-state index in [0.717, 1.165) is 32.4 Å². The molecule has 27 heavy (non-hydrogen) atoms. The van der Waals surface area contributed by atoms with Crippen LogP contribution < -0.4 is 0 Å². The van der Waals surface area contributed by atoms with E-state index in [4.69, 9.17) is 0 Å². The molecule has 4 rings (SSSR count). The van der Waals surface area contributed by atoms with E-state index in [0.29, 0.717) is 0 Å². The van der Waals surface area contributed by atoms with E-state index < -0.39 is 6.10 Å². The van der Waals surface area contributed by atoms with Crippen LogP contribution in [-0.4, -0.2) is 25.1 Å². The molecule has 0 aliphatic rings. The van der Waals surface area contributed by atoms with Crippen molar-refractivity contribution < 1.29 is 9.50 Å². The number of hydrogen-bond acceptors (Lipinski definition) is 5. The maximum atomic E-state index is 13.1. The molecule has 7 heteroatoms. The van der Waals surface area contributed by atoms with Gasteiger partial charge in [0.05, 0.1) is 23.3 Å². The molecule has 0 bridgehead atoms. The summed E-state index contributed by atoms with van der Waals surface area (Å²) in [5.74, 6) is -0.285. The second kappa shape index (κ2) is 7.38. The summed E-state index contributed by atoms with van der Waals surface area (Å²) in [4.78, 5) is 5.29. The summed E-state index contributed by atoms with van der Waals surface area (Å²) in [7, 11) is 0. The van der Waals surface area contributed by atoms with Crippen molar-refractivity contribution in [2.75, 3.05) is 0 Å². The van der Waals surface area contributed by atoms with Gasteiger partial charge in [-0.15, -0.1) is 16.4 Å². The van der Waals surface area contributed by atoms with Crippen LogP contribution in [0.5, 0.6) is 0 Å². The first-order chi connectivity index (χ1) is 13.1. The topological polar surface area (TPSA) is 63.8 Å². The highest BCUT2D eigenvalue weighted by Gasteiger charge is 2.18. The molecule has 1 atom stereocenters. The van der Waals surface area contributed by atoms with Gasteiger partial charge in [0, 0.05) is 11.1 Å². The number of nitrogens with zero attached hydrogens (tertiary/aromatic N) is 4. The van der Waals surface area contributed by atoms with Crippen molar-refractivity contribution in [3.05, 3.63) is 77.2 Å². The number of aromatic nitrogens is 4. The molecule has 0 saturated carbocycles. The van der Waals surface area contributed by atoms with Crippen LogP contribution in [0.1, 0.15) is 16.7 Å². The Morgan fingerprint density at radius 3 is 2.56 bits per heavy atom. The van der Waals surface area contributed by atoms with Gasteiger partial charge in [0.15, 0.2) is 0 Å². The van der Waals surface area contributed by atoms with Crippen molar-refractivity contribution in [1.29, 1.82) is 0 Å². The monoisotopic (exact) mass is 380 g/mol. The predicted molar refractivity (Wildman–Crippen MR) is 103 cm³/mol. The quantitative estimate of drug-likeness (QED) is 0.562. The lowest BCUT2D eigenvalue weighted by Crippen LogP contribution is -2.09. The van der Waals surface area contributed by atoms with E-state index >= 15 is 0 Å². The van der Waals surface area contributed by atoms with E-state index in [2.05, 4.69) is 15.3 Å². The first-order valence-corrected chi connectivity index (χ1v) is 9.28. The number of aliphatic hydroxyl groups excluding tert-OH is 1. The molecule has 0 amide bonds. The first-order valence-electron chi connectivity index (χ1n) is 8.47. The summed E-state index contributed by atoms with van der Waals surface area (Å²) < 4.78 is 14.7. The SMILES string of the molecule is Cc1nc(-c2ccc(F)cc2)sc1C(O)Cn1cc(-c2ccccc2)nn1. The van der Waals surface area contributed by atoms with Crippen molar-refractivity contribution >= 4 is 11.3 Å². The molecule has 5 nitrogen and oxygen atoms in total. The average molecular weight is 380 g/mol. The van der Waals surface area contributed by atoms with Crippen molar-refractivity contribution in [1.82, 2.24) is 20.0 Å². The molecule has 0 saturated heterocycles. The fourth-order valence-corrected chi connectivity index (χ4v) is 3.87. The molecule has 0 aliphatic heterocycles. The Bertz CT molecular complexity index is 1040. The van der Waals surface area contributed by atoms with Crippen LogP contribution in [0.25, 0.3) is 21.8 Å². The minimum atomic E-state index is -0.748. The Morgan fingerprint density at radius 2 is 1.81 bits per heavy atom. The van der Waals surface area contributed by atoms with E-state index in [1.165, 1.54) is 23.5 Å². The zero-order valence-corrected chi connectivity index (χ0v) is 15.4. The van der Waals surface area contributed by atoms with Gasteiger partial charge in [-0.25, -0.2) is 14.1 Å². The molecule has 1 unspecified atom stereocenters. The summed E-state index contributed by atoms with van der Waals surface area (Å²) in [5, 5.41) is 19.7. The van der Waals surface area contributed by atoms with Gasteiger partial charge in [-0.2, -0.15) is 0 Å². The van der Waals surface area contributed by atoms with Crippen molar-refractivity contribution in [3.8, 4) is 21.8 Å². The third-order valence-electron chi connectivity index (χ3n) is 4.19. The molecule has 1 N–H and O–H groups in total. The Morgan fingerprint density at radius 1 is 1.07 bits per heavy atom. The van der Waals surface area contributed by atoms with Crippen LogP contribution >= 0.6 is 11.3 Å². The number of aliphatic hydroxyl groups is 1. The summed E-state index contributed by atoms with van der Waals surface area (Å²) in [6.07, 6.45) is 1.07. The molecular formula is C20H17FN4OS. The van der Waals surface area contributed by atoms with E-state index in [-0.39, 0.29) is 12.4 Å². The number of thiazole rings is 1. The lowest BCUT2D eigenvalue weighted by Gasteiger charge is -2.08. The standard InChI is InChI=1S/C20H17FN4OS/c1-13-19(27-20(22-13)15-7-9-16(21)10-8-15)18(26)12-25-11-17(23-24-25)14-5-3-2-4-6-14/h2-11,18,26H,12H2,1H3. The van der Waals surface area contributed by atoms with Crippen LogP contribution in [0.4, 0.5) is 4.39 Å². The highest BCUT2D eigenvalue weighted by Crippen LogP contribution is 2.32. The summed E-state index contributed by atoms with van der Waals surface area (Å²) in [6.45, 7) is 2.14. The lowest BCUT2D eigenvalue weighted by atomic mass is 10.2. The lowest BCUT2D eigenvalue weighted by molar-refractivity contribution is 0.153. The van der Waals surface area contributed by atoms with Gasteiger partial charge in [-0.3, -0.25) is 0 Å². The highest BCUT2D eigenvalue weighted by molar-refractivity contribution is 7.15. The number of benzene rings is 2. The Kier molecular flexibility index (Phi) is 4.79. The number of rotatable bonds is 5. The summed E-state index contributed by atoms with van der Waals surface area (Å²) >= 11 is 1.40. The second-order valence-corrected chi connectivity index (χ2v) is 7.21. The maximum Gasteiger partial charge on any atom is 0.123 e. The Balaban J connectivity index is 1.53. The van der Waals surface area contributed by atoms with Gasteiger partial charge in [0.2, 0.25) is 0 Å². The van der Waals surface area contributed by atoms with Crippen LogP contribution in [0.2, 0.25) is 0 Å². The fraction of sp³-hybridized carbons (Fsp3) is 0.150. The van der Waals surface area contributed by atoms with Gasteiger partial charge in [-0.1, -0.05) is 35.5 Å². The second-order valence-electron chi connectivity index (χ2n) is 6.18. The largest absolute Gasteiger partial charge is 0.386 e. The molecule has 0 fully saturated rings. The summed E-state index contributed by atoms with van der Waals surface area (Å²) in [6, 6.07) is 16.0. The molecular weight excluding hydrogens is 363 g/mol. The normalized spacial score (nSPS) is 12.3. The molecule has 2 heterocycles. The number of hydrogen-bond donors (Lipinski definition) is 1. The Hall–Kier alpha value is -2.90. The van der Waals surface area contributed by atoms with Crippen molar-refractivity contribution in [2.24, 2.45) is 0 Å². The van der Waals surface area contributed by atoms with Crippen molar-refractivity contribution in [3.63, 3.8) is 0 Å². The zero-order valence-electron chi connectivity index (χ0n) is 14.6. The van der Waals surface area contributed by atoms with Gasteiger partial charge < -0.3 is 5.11 Å². The first kappa shape index (κ1) is 17.5. The van der Waals surface area contributed by atoms with E-state index in [9.17, 15) is 9.50 Å². The predicted octanol–water partition coefficient (Wildman–Crippen LogP) is 4.25. The van der Waals surface area contributed by atoms with E-state index in [1.54, 1.807) is 16.8 Å². The molecule has 136 valence electrons. The van der Waals surface area contributed by atoms with Crippen molar-refractivity contribution in [2.45, 2.75) is 19.6 Å². The van der Waals surface area contributed by atoms with Gasteiger partial charge in [0.1, 0.15) is 22.6 Å². The van der Waals surface area contributed by atoms with Gasteiger partial charge in [0.25, 0.3) is 0 Å². The average Bonchev–Trinajstić information content (AvgIpc) is 3.30. The van der Waals surface area contributed by atoms with Gasteiger partial charge >= 0.3 is 0 Å². The number of aryl methyl sites for hydroxylation is 1. The van der Waals surface area contributed by atoms with E-state index in [1.807, 2.05) is 43.5 Å². The highest BCUT2D eigenvalue weighted by atomic mass is 32.1. The van der Waals surface area contributed by atoms with Crippen LogP contribution in [0.3, 0.4) is 0 Å². The third-order valence-corrected chi connectivity index (χ3v) is 5.50. The van der Waals surface area contributed by atoms with Crippen LogP contribution in [0.15, 0.2) is 60.8 Å². The maximum absolute atomic E-state index is 13.1. The minimum Gasteiger partial charge on any atom is -0.386 e. The minimum absolute atomic E-state index is 0.283. The van der Waals surface area contributed by atoms with Gasteiger partial charge in [-0.05, 0) is 31.2 Å². The molecule has 2 aromatic carbocycles. The van der Waals surface area contributed by atoms with Crippen LogP contribution in [-0.2, 0) is 6.54 Å².